The Balaban J connectivity index is 1.95. The maximum Gasteiger partial charge on any atom is 0.317 e. The lowest BCUT2D eigenvalue weighted by Gasteiger charge is -2.36. The van der Waals surface area contributed by atoms with Gasteiger partial charge in [0.1, 0.15) is 11.5 Å². The Morgan fingerprint density at radius 2 is 1.87 bits per heavy atom. The number of anilines is 1. The van der Waals surface area contributed by atoms with Crippen molar-refractivity contribution in [3.05, 3.63) is 18.2 Å². The molecule has 1 saturated heterocycles. The van der Waals surface area contributed by atoms with Crippen LogP contribution in [0.15, 0.2) is 18.2 Å². The molecule has 6 nitrogen and oxygen atoms in total. The molecule has 2 amide bonds. The first kappa shape index (κ1) is 17.2. The van der Waals surface area contributed by atoms with Gasteiger partial charge in [-0.15, -0.1) is 0 Å². The van der Waals surface area contributed by atoms with E-state index in [0.29, 0.717) is 25.6 Å². The smallest absolute Gasteiger partial charge is 0.317 e. The second-order valence-electron chi connectivity index (χ2n) is 6.09. The van der Waals surface area contributed by atoms with Gasteiger partial charge in [0.05, 0.1) is 19.9 Å². The number of urea groups is 1. The number of methoxy groups -OCH3 is 2. The number of amides is 2. The number of nitrogens with zero attached hydrogens (tertiary/aromatic N) is 2. The van der Waals surface area contributed by atoms with Gasteiger partial charge in [-0.25, -0.2) is 4.79 Å². The molecule has 1 aliphatic rings. The number of carbonyl (C=O) groups is 1. The second kappa shape index (κ2) is 7.94. The summed E-state index contributed by atoms with van der Waals surface area (Å²) in [5, 5.41) is 2.97. The van der Waals surface area contributed by atoms with E-state index in [1.807, 2.05) is 23.1 Å². The molecule has 0 unspecified atom stereocenters. The summed E-state index contributed by atoms with van der Waals surface area (Å²) in [5.41, 5.74) is 1.04. The van der Waals surface area contributed by atoms with Gasteiger partial charge in [-0.1, -0.05) is 13.8 Å². The molecule has 0 spiro atoms. The van der Waals surface area contributed by atoms with Crippen LogP contribution in [-0.2, 0) is 0 Å². The lowest BCUT2D eigenvalue weighted by molar-refractivity contribution is 0.193. The fourth-order valence-corrected chi connectivity index (χ4v) is 2.60. The van der Waals surface area contributed by atoms with E-state index in [1.165, 1.54) is 0 Å². The Bertz CT molecular complexity index is 526. The lowest BCUT2D eigenvalue weighted by Crippen LogP contribution is -2.52. The Morgan fingerprint density at radius 3 is 2.43 bits per heavy atom. The summed E-state index contributed by atoms with van der Waals surface area (Å²) in [6, 6.07) is 5.85. The highest BCUT2D eigenvalue weighted by Crippen LogP contribution is 2.32. The van der Waals surface area contributed by atoms with Crippen molar-refractivity contribution in [2.75, 3.05) is 51.8 Å². The van der Waals surface area contributed by atoms with Crippen LogP contribution < -0.4 is 19.7 Å². The van der Waals surface area contributed by atoms with Crippen molar-refractivity contribution < 1.29 is 14.3 Å². The molecule has 1 N–H and O–H groups in total. The van der Waals surface area contributed by atoms with E-state index in [0.717, 1.165) is 30.3 Å². The monoisotopic (exact) mass is 321 g/mol. The number of rotatable bonds is 5. The quantitative estimate of drug-likeness (QED) is 0.903. The number of carbonyl (C=O) groups excluding carboxylic acids is 1. The van der Waals surface area contributed by atoms with E-state index >= 15 is 0 Å². The highest BCUT2D eigenvalue weighted by molar-refractivity contribution is 5.74. The third-order valence-electron chi connectivity index (χ3n) is 3.96. The molecule has 1 fully saturated rings. The topological polar surface area (TPSA) is 54.0 Å². The number of nitrogens with one attached hydrogen (secondary N) is 1. The molecule has 0 aliphatic carbocycles. The number of benzene rings is 1. The predicted molar refractivity (Wildman–Crippen MR) is 91.6 cm³/mol. The first-order valence-corrected chi connectivity index (χ1v) is 8.05. The van der Waals surface area contributed by atoms with Gasteiger partial charge in [-0.05, 0) is 18.1 Å². The Morgan fingerprint density at radius 1 is 1.17 bits per heavy atom. The number of hydrogen-bond acceptors (Lipinski definition) is 4. The van der Waals surface area contributed by atoms with Crippen LogP contribution in [0.2, 0.25) is 0 Å². The molecule has 128 valence electrons. The van der Waals surface area contributed by atoms with Crippen molar-refractivity contribution in [2.24, 2.45) is 5.92 Å². The van der Waals surface area contributed by atoms with Crippen molar-refractivity contribution in [3.63, 3.8) is 0 Å². The molecule has 6 heteroatoms. The average molecular weight is 321 g/mol. The molecular weight excluding hydrogens is 294 g/mol. The van der Waals surface area contributed by atoms with Crippen molar-refractivity contribution in [2.45, 2.75) is 13.8 Å². The first-order valence-electron chi connectivity index (χ1n) is 8.05. The van der Waals surface area contributed by atoms with Crippen molar-refractivity contribution in [3.8, 4) is 11.5 Å². The zero-order valence-electron chi connectivity index (χ0n) is 14.5. The molecule has 1 heterocycles. The maximum absolute atomic E-state index is 12.1. The number of piperazine rings is 1. The Labute approximate surface area is 138 Å². The molecule has 0 bridgehead atoms. The molecule has 0 aromatic heterocycles. The normalized spacial score (nSPS) is 14.8. The zero-order valence-corrected chi connectivity index (χ0v) is 14.5. The number of ether oxygens (including phenoxy) is 2. The van der Waals surface area contributed by atoms with Gasteiger partial charge in [0.25, 0.3) is 0 Å². The van der Waals surface area contributed by atoms with Gasteiger partial charge in [-0.2, -0.15) is 0 Å². The predicted octanol–water partition coefficient (Wildman–Crippen LogP) is 2.19. The van der Waals surface area contributed by atoms with Crippen LogP contribution >= 0.6 is 0 Å². The summed E-state index contributed by atoms with van der Waals surface area (Å²) in [4.78, 5) is 16.2. The SMILES string of the molecule is COc1ccc(N2CCN(C(=O)NCC(C)C)CC2)c(OC)c1. The highest BCUT2D eigenvalue weighted by Gasteiger charge is 2.23. The summed E-state index contributed by atoms with van der Waals surface area (Å²) < 4.78 is 10.7. The minimum absolute atomic E-state index is 0.0278. The van der Waals surface area contributed by atoms with E-state index in [-0.39, 0.29) is 6.03 Å². The van der Waals surface area contributed by atoms with E-state index in [4.69, 9.17) is 9.47 Å². The minimum atomic E-state index is 0.0278. The number of hydrogen-bond donors (Lipinski definition) is 1. The molecule has 0 saturated carbocycles. The second-order valence-corrected chi connectivity index (χ2v) is 6.09. The third-order valence-corrected chi connectivity index (χ3v) is 3.96. The van der Waals surface area contributed by atoms with Crippen LogP contribution in [0.25, 0.3) is 0 Å². The van der Waals surface area contributed by atoms with Crippen LogP contribution in [0.4, 0.5) is 10.5 Å². The Hall–Kier alpha value is -2.11. The molecule has 1 aromatic rings. The summed E-state index contributed by atoms with van der Waals surface area (Å²) in [7, 11) is 3.30. The van der Waals surface area contributed by atoms with Crippen molar-refractivity contribution in [1.29, 1.82) is 0 Å². The Kier molecular flexibility index (Phi) is 5.96. The van der Waals surface area contributed by atoms with Crippen LogP contribution in [0.1, 0.15) is 13.8 Å². The fraction of sp³-hybridized carbons (Fsp3) is 0.588. The zero-order chi connectivity index (χ0) is 16.8. The molecule has 0 atom stereocenters. The van der Waals surface area contributed by atoms with E-state index in [1.54, 1.807) is 14.2 Å². The van der Waals surface area contributed by atoms with Crippen molar-refractivity contribution in [1.82, 2.24) is 10.2 Å². The minimum Gasteiger partial charge on any atom is -0.497 e. The molecule has 23 heavy (non-hydrogen) atoms. The van der Waals surface area contributed by atoms with Gasteiger partial charge in [-0.3, -0.25) is 0 Å². The largest absolute Gasteiger partial charge is 0.497 e. The fourth-order valence-electron chi connectivity index (χ4n) is 2.60. The van der Waals surface area contributed by atoms with Gasteiger partial charge >= 0.3 is 6.03 Å². The average Bonchev–Trinajstić information content (AvgIpc) is 2.59. The van der Waals surface area contributed by atoms with E-state index in [9.17, 15) is 4.79 Å². The van der Waals surface area contributed by atoms with Gasteiger partial charge in [0.15, 0.2) is 0 Å². The summed E-state index contributed by atoms with van der Waals surface area (Å²) >= 11 is 0. The van der Waals surface area contributed by atoms with Crippen molar-refractivity contribution >= 4 is 11.7 Å². The molecule has 1 aliphatic heterocycles. The van der Waals surface area contributed by atoms with Crippen LogP contribution in [-0.4, -0.2) is 57.9 Å². The lowest BCUT2D eigenvalue weighted by atomic mass is 10.2. The summed E-state index contributed by atoms with van der Waals surface area (Å²) in [5.74, 6) is 2.03. The van der Waals surface area contributed by atoms with Gasteiger partial charge in [0, 0.05) is 38.8 Å². The van der Waals surface area contributed by atoms with Crippen LogP contribution in [0.5, 0.6) is 11.5 Å². The standard InChI is InChI=1S/C17H27N3O3/c1-13(2)12-18-17(21)20-9-7-19(8-10-20)15-6-5-14(22-3)11-16(15)23-4/h5-6,11,13H,7-10,12H2,1-4H3,(H,18,21). The highest BCUT2D eigenvalue weighted by atomic mass is 16.5. The maximum atomic E-state index is 12.1. The van der Waals surface area contributed by atoms with E-state index < -0.39 is 0 Å². The third kappa shape index (κ3) is 4.43. The molecule has 0 radical (unpaired) electrons. The molecule has 1 aromatic carbocycles. The molecule has 2 rings (SSSR count). The first-order chi connectivity index (χ1) is 11.0. The van der Waals surface area contributed by atoms with Crippen LogP contribution in [0, 0.1) is 5.92 Å². The van der Waals surface area contributed by atoms with Gasteiger partial charge in [0.2, 0.25) is 0 Å². The van der Waals surface area contributed by atoms with Gasteiger partial charge < -0.3 is 24.6 Å². The summed E-state index contributed by atoms with van der Waals surface area (Å²) in [6.45, 7) is 7.89. The summed E-state index contributed by atoms with van der Waals surface area (Å²) in [6.07, 6.45) is 0. The van der Waals surface area contributed by atoms with E-state index in [2.05, 4.69) is 24.1 Å². The van der Waals surface area contributed by atoms with Crippen LogP contribution in [0.3, 0.4) is 0 Å². The molecular formula is C17H27N3O3.